The maximum Gasteiger partial charge on any atom is 0.158 e. The molecule has 108 valence electrons. The molecule has 6 heteroatoms. The minimum Gasteiger partial charge on any atom is -0.387 e. The van der Waals surface area contributed by atoms with E-state index in [1.54, 1.807) is 29.6 Å². The zero-order valence-electron chi connectivity index (χ0n) is 11.2. The Morgan fingerprint density at radius 2 is 2.00 bits per heavy atom. The SMILES string of the molecule is CCc1nc(CS(=O)(=O)C[C@@H](O)c2ccccc2)cs1. The summed E-state index contributed by atoms with van der Waals surface area (Å²) in [6.45, 7) is 1.98. The third-order valence-corrected chi connectivity index (χ3v) is 5.47. The number of thiazole rings is 1. The number of rotatable bonds is 6. The van der Waals surface area contributed by atoms with Crippen molar-refractivity contribution in [2.75, 3.05) is 5.75 Å². The highest BCUT2D eigenvalue weighted by atomic mass is 32.2. The highest BCUT2D eigenvalue weighted by Gasteiger charge is 2.20. The van der Waals surface area contributed by atoms with E-state index in [1.807, 2.05) is 13.0 Å². The molecule has 0 fully saturated rings. The quantitative estimate of drug-likeness (QED) is 0.889. The summed E-state index contributed by atoms with van der Waals surface area (Å²) in [5.74, 6) is -0.399. The topological polar surface area (TPSA) is 67.3 Å². The lowest BCUT2D eigenvalue weighted by molar-refractivity contribution is 0.201. The molecule has 0 spiro atoms. The molecule has 0 bridgehead atoms. The first-order chi connectivity index (χ1) is 9.50. The Hall–Kier alpha value is -1.24. The van der Waals surface area contributed by atoms with Crippen molar-refractivity contribution in [3.8, 4) is 0 Å². The van der Waals surface area contributed by atoms with Crippen LogP contribution >= 0.6 is 11.3 Å². The lowest BCUT2D eigenvalue weighted by Crippen LogP contribution is -2.16. The summed E-state index contributed by atoms with van der Waals surface area (Å²) >= 11 is 1.47. The van der Waals surface area contributed by atoms with Crippen molar-refractivity contribution in [1.29, 1.82) is 0 Å². The van der Waals surface area contributed by atoms with Gasteiger partial charge >= 0.3 is 0 Å². The number of aromatic nitrogens is 1. The van der Waals surface area contributed by atoms with Gasteiger partial charge in [-0.15, -0.1) is 11.3 Å². The van der Waals surface area contributed by atoms with Gasteiger partial charge in [0.15, 0.2) is 9.84 Å². The molecule has 0 aliphatic rings. The predicted molar refractivity (Wildman–Crippen MR) is 80.4 cm³/mol. The van der Waals surface area contributed by atoms with E-state index in [-0.39, 0.29) is 11.5 Å². The van der Waals surface area contributed by atoms with Crippen LogP contribution in [0, 0.1) is 0 Å². The molecule has 1 heterocycles. The van der Waals surface area contributed by atoms with Gasteiger partial charge in [-0.05, 0) is 12.0 Å². The zero-order chi connectivity index (χ0) is 14.6. The van der Waals surface area contributed by atoms with Crippen LogP contribution in [0.4, 0.5) is 0 Å². The van der Waals surface area contributed by atoms with Crippen LogP contribution in [-0.4, -0.2) is 24.3 Å². The molecule has 2 aromatic rings. The number of sulfone groups is 1. The number of aryl methyl sites for hydroxylation is 1. The number of nitrogens with zero attached hydrogens (tertiary/aromatic N) is 1. The van der Waals surface area contributed by atoms with Crippen molar-refractivity contribution in [2.24, 2.45) is 0 Å². The summed E-state index contributed by atoms with van der Waals surface area (Å²) in [4.78, 5) is 4.25. The molecule has 0 amide bonds. The number of aliphatic hydroxyl groups excluding tert-OH is 1. The van der Waals surface area contributed by atoms with Crippen LogP contribution in [0.1, 0.15) is 29.3 Å². The zero-order valence-corrected chi connectivity index (χ0v) is 12.8. The lowest BCUT2D eigenvalue weighted by atomic mass is 10.1. The van der Waals surface area contributed by atoms with E-state index >= 15 is 0 Å². The van der Waals surface area contributed by atoms with Gasteiger partial charge in [0, 0.05) is 5.38 Å². The molecule has 0 saturated carbocycles. The van der Waals surface area contributed by atoms with Gasteiger partial charge in [-0.3, -0.25) is 0 Å². The van der Waals surface area contributed by atoms with Gasteiger partial charge in [0.25, 0.3) is 0 Å². The van der Waals surface area contributed by atoms with Gasteiger partial charge in [0.2, 0.25) is 0 Å². The highest BCUT2D eigenvalue weighted by molar-refractivity contribution is 7.90. The maximum atomic E-state index is 12.1. The maximum absolute atomic E-state index is 12.1. The molecule has 1 atom stereocenters. The molecule has 0 aliphatic carbocycles. The highest BCUT2D eigenvalue weighted by Crippen LogP contribution is 2.18. The van der Waals surface area contributed by atoms with Crippen molar-refractivity contribution in [3.63, 3.8) is 0 Å². The first-order valence-electron chi connectivity index (χ1n) is 6.37. The second-order valence-electron chi connectivity index (χ2n) is 4.57. The first kappa shape index (κ1) is 15.2. The molecule has 1 aromatic heterocycles. The molecule has 0 saturated heterocycles. The van der Waals surface area contributed by atoms with Crippen LogP contribution < -0.4 is 0 Å². The van der Waals surface area contributed by atoms with Crippen LogP contribution in [-0.2, 0) is 22.0 Å². The minimum absolute atomic E-state index is 0.118. The number of hydrogen-bond acceptors (Lipinski definition) is 5. The van der Waals surface area contributed by atoms with Crippen LogP contribution in [0.5, 0.6) is 0 Å². The van der Waals surface area contributed by atoms with E-state index in [4.69, 9.17) is 0 Å². The average Bonchev–Trinajstić information content (AvgIpc) is 2.86. The van der Waals surface area contributed by atoms with Gasteiger partial charge in [0.1, 0.15) is 0 Å². The lowest BCUT2D eigenvalue weighted by Gasteiger charge is -2.10. The molecule has 1 N–H and O–H groups in total. The third-order valence-electron chi connectivity index (χ3n) is 2.87. The fourth-order valence-corrected chi connectivity index (χ4v) is 4.11. The Morgan fingerprint density at radius 1 is 1.30 bits per heavy atom. The molecule has 1 aromatic carbocycles. The number of aliphatic hydroxyl groups is 1. The van der Waals surface area contributed by atoms with Gasteiger partial charge in [0.05, 0.1) is 28.3 Å². The average molecular weight is 311 g/mol. The van der Waals surface area contributed by atoms with Gasteiger partial charge < -0.3 is 5.11 Å². The predicted octanol–water partition coefficient (Wildman–Crippen LogP) is 2.35. The largest absolute Gasteiger partial charge is 0.387 e. The standard InChI is InChI=1S/C14H17NO3S2/c1-2-14-15-12(8-19-14)9-20(17,18)10-13(16)11-6-4-3-5-7-11/h3-8,13,16H,2,9-10H2,1H3/t13-/m1/s1. The smallest absolute Gasteiger partial charge is 0.158 e. The summed E-state index contributed by atoms with van der Waals surface area (Å²) in [6.07, 6.45) is -0.192. The van der Waals surface area contributed by atoms with E-state index in [0.29, 0.717) is 11.3 Å². The molecule has 0 radical (unpaired) electrons. The van der Waals surface area contributed by atoms with Crippen molar-refractivity contribution < 1.29 is 13.5 Å². The molecule has 4 nitrogen and oxygen atoms in total. The van der Waals surface area contributed by atoms with Crippen molar-refractivity contribution in [3.05, 3.63) is 52.0 Å². The van der Waals surface area contributed by atoms with Crippen molar-refractivity contribution in [1.82, 2.24) is 4.98 Å². The van der Waals surface area contributed by atoms with Gasteiger partial charge in [-0.1, -0.05) is 37.3 Å². The van der Waals surface area contributed by atoms with Crippen molar-refractivity contribution >= 4 is 21.2 Å². The Bertz CT molecular complexity index is 650. The number of hydrogen-bond donors (Lipinski definition) is 1. The molecule has 2 rings (SSSR count). The number of benzene rings is 1. The molecular formula is C14H17NO3S2. The summed E-state index contributed by atoms with van der Waals surface area (Å²) in [5.41, 5.74) is 1.18. The Labute approximate surface area is 123 Å². The molecule has 0 unspecified atom stereocenters. The summed E-state index contributed by atoms with van der Waals surface area (Å²) in [7, 11) is -3.38. The van der Waals surface area contributed by atoms with Crippen LogP contribution in [0.25, 0.3) is 0 Å². The fraction of sp³-hybridized carbons (Fsp3) is 0.357. The monoisotopic (exact) mass is 311 g/mol. The van der Waals surface area contributed by atoms with Gasteiger partial charge in [-0.2, -0.15) is 0 Å². The van der Waals surface area contributed by atoms with Crippen LogP contribution in [0.15, 0.2) is 35.7 Å². The Kier molecular flexibility index (Phi) is 4.91. The van der Waals surface area contributed by atoms with Crippen molar-refractivity contribution in [2.45, 2.75) is 25.2 Å². The second kappa shape index (κ2) is 6.47. The van der Waals surface area contributed by atoms with E-state index < -0.39 is 15.9 Å². The normalized spacial score (nSPS) is 13.3. The fourth-order valence-electron chi connectivity index (χ4n) is 1.87. The van der Waals surface area contributed by atoms with E-state index in [9.17, 15) is 13.5 Å². The summed E-state index contributed by atoms with van der Waals surface area (Å²) in [5, 5.41) is 12.7. The van der Waals surface area contributed by atoms with Crippen LogP contribution in [0.3, 0.4) is 0 Å². The van der Waals surface area contributed by atoms with E-state index in [1.165, 1.54) is 11.3 Å². The molecule has 20 heavy (non-hydrogen) atoms. The summed E-state index contributed by atoms with van der Waals surface area (Å²) < 4.78 is 24.2. The van der Waals surface area contributed by atoms with Gasteiger partial charge in [-0.25, -0.2) is 13.4 Å². The first-order valence-corrected chi connectivity index (χ1v) is 9.07. The van der Waals surface area contributed by atoms with Crippen LogP contribution in [0.2, 0.25) is 0 Å². The molecule has 0 aliphatic heterocycles. The second-order valence-corrected chi connectivity index (χ2v) is 7.62. The Balaban J connectivity index is 2.04. The van der Waals surface area contributed by atoms with E-state index in [0.717, 1.165) is 11.4 Å². The Morgan fingerprint density at radius 3 is 2.60 bits per heavy atom. The van der Waals surface area contributed by atoms with E-state index in [2.05, 4.69) is 4.98 Å². The third kappa shape index (κ3) is 4.13. The molecular weight excluding hydrogens is 294 g/mol. The minimum atomic E-state index is -3.38. The summed E-state index contributed by atoms with van der Waals surface area (Å²) in [6, 6.07) is 8.82.